The highest BCUT2D eigenvalue weighted by Gasteiger charge is 2.39. The molecular weight excluding hydrogens is 220 g/mol. The fourth-order valence-electron chi connectivity index (χ4n) is 1.96. The number of hydrogen-bond donors (Lipinski definition) is 1. The molecule has 0 radical (unpaired) electrons. The molecular formula is C12H20N2O3. The lowest BCUT2D eigenvalue weighted by Crippen LogP contribution is -2.37. The Morgan fingerprint density at radius 1 is 1.53 bits per heavy atom. The normalized spacial score (nSPS) is 24.6. The third-order valence-electron chi connectivity index (χ3n) is 3.13. The van der Waals surface area contributed by atoms with Crippen LogP contribution in [-0.4, -0.2) is 43.0 Å². The lowest BCUT2D eigenvalue weighted by Gasteiger charge is -2.21. The summed E-state index contributed by atoms with van der Waals surface area (Å²) in [4.78, 5) is 24.7. The first-order valence-corrected chi connectivity index (χ1v) is 5.76. The van der Waals surface area contributed by atoms with Gasteiger partial charge in [0.2, 0.25) is 5.91 Å². The summed E-state index contributed by atoms with van der Waals surface area (Å²) in [6, 6.07) is 0. The number of amides is 1. The Hall–Kier alpha value is -1.36. The topological polar surface area (TPSA) is 72.6 Å². The first-order chi connectivity index (χ1) is 7.89. The van der Waals surface area contributed by atoms with Gasteiger partial charge >= 0.3 is 5.97 Å². The van der Waals surface area contributed by atoms with Gasteiger partial charge in [0.25, 0.3) is 0 Å². The summed E-state index contributed by atoms with van der Waals surface area (Å²) in [5, 5.41) is 0. The second kappa shape index (κ2) is 5.31. The number of hydrogen-bond acceptors (Lipinski definition) is 4. The van der Waals surface area contributed by atoms with E-state index in [-0.39, 0.29) is 11.9 Å². The van der Waals surface area contributed by atoms with Crippen LogP contribution in [0.15, 0.2) is 12.2 Å². The van der Waals surface area contributed by atoms with Gasteiger partial charge in [-0.15, -0.1) is 0 Å². The predicted molar refractivity (Wildman–Crippen MR) is 64.1 cm³/mol. The largest absolute Gasteiger partial charge is 0.463 e. The summed E-state index contributed by atoms with van der Waals surface area (Å²) in [5.74, 6) is -0.665. The van der Waals surface area contributed by atoms with Crippen LogP contribution in [0.25, 0.3) is 0 Å². The van der Waals surface area contributed by atoms with Gasteiger partial charge in [-0.3, -0.25) is 9.69 Å². The summed E-state index contributed by atoms with van der Waals surface area (Å²) in [6.07, 6.45) is 0.721. The molecule has 1 atom stereocenters. The van der Waals surface area contributed by atoms with E-state index in [0.717, 1.165) is 13.0 Å². The van der Waals surface area contributed by atoms with Crippen LogP contribution in [0.5, 0.6) is 0 Å². The summed E-state index contributed by atoms with van der Waals surface area (Å²) < 4.78 is 4.86. The standard InChI is InChI=1S/C12H20N2O3/c1-4-17-10(15)9(2)7-14-6-5-12(3,8-14)11(13)16/h2,4-8H2,1,3H3,(H2,13,16). The second-order valence-electron chi connectivity index (χ2n) is 4.71. The van der Waals surface area contributed by atoms with E-state index in [1.165, 1.54) is 0 Å². The van der Waals surface area contributed by atoms with Gasteiger partial charge in [-0.25, -0.2) is 4.79 Å². The van der Waals surface area contributed by atoms with E-state index in [1.807, 2.05) is 11.8 Å². The Labute approximate surface area is 102 Å². The first-order valence-electron chi connectivity index (χ1n) is 5.76. The number of primary amides is 1. The molecule has 1 saturated heterocycles. The van der Waals surface area contributed by atoms with Crippen molar-refractivity contribution < 1.29 is 14.3 Å². The Morgan fingerprint density at radius 2 is 2.18 bits per heavy atom. The smallest absolute Gasteiger partial charge is 0.334 e. The molecule has 5 heteroatoms. The SMILES string of the molecule is C=C(CN1CCC(C)(C(N)=O)C1)C(=O)OCC. The zero-order chi connectivity index (χ0) is 13.1. The summed E-state index contributed by atoms with van der Waals surface area (Å²) in [7, 11) is 0. The minimum absolute atomic E-state index is 0.290. The zero-order valence-electron chi connectivity index (χ0n) is 10.5. The maximum Gasteiger partial charge on any atom is 0.334 e. The van der Waals surface area contributed by atoms with E-state index in [9.17, 15) is 9.59 Å². The van der Waals surface area contributed by atoms with Crippen molar-refractivity contribution in [2.24, 2.45) is 11.1 Å². The highest BCUT2D eigenvalue weighted by molar-refractivity contribution is 5.88. The molecule has 2 N–H and O–H groups in total. The van der Waals surface area contributed by atoms with Crippen molar-refractivity contribution in [2.75, 3.05) is 26.2 Å². The second-order valence-corrected chi connectivity index (χ2v) is 4.71. The van der Waals surface area contributed by atoms with Crippen molar-refractivity contribution in [3.63, 3.8) is 0 Å². The number of rotatable bonds is 5. The fraction of sp³-hybridized carbons (Fsp3) is 0.667. The molecule has 0 aliphatic carbocycles. The van der Waals surface area contributed by atoms with E-state index in [4.69, 9.17) is 10.5 Å². The van der Waals surface area contributed by atoms with Crippen LogP contribution >= 0.6 is 0 Å². The van der Waals surface area contributed by atoms with Crippen molar-refractivity contribution in [1.29, 1.82) is 0 Å². The lowest BCUT2D eigenvalue weighted by atomic mass is 9.89. The molecule has 0 aromatic rings. The van der Waals surface area contributed by atoms with E-state index in [2.05, 4.69) is 6.58 Å². The predicted octanol–water partition coefficient (Wildman–Crippen LogP) is 0.303. The van der Waals surface area contributed by atoms with Gasteiger partial charge in [-0.05, 0) is 26.8 Å². The molecule has 0 aromatic heterocycles. The maximum absolute atomic E-state index is 11.4. The molecule has 0 bridgehead atoms. The number of carbonyl (C=O) groups is 2. The number of nitrogens with two attached hydrogens (primary N) is 1. The zero-order valence-corrected chi connectivity index (χ0v) is 10.5. The Balaban J connectivity index is 2.48. The van der Waals surface area contributed by atoms with Crippen LogP contribution in [0.4, 0.5) is 0 Å². The van der Waals surface area contributed by atoms with Crippen LogP contribution in [0.1, 0.15) is 20.3 Å². The van der Waals surface area contributed by atoms with Crippen LogP contribution in [0, 0.1) is 5.41 Å². The highest BCUT2D eigenvalue weighted by Crippen LogP contribution is 2.29. The van der Waals surface area contributed by atoms with Gasteiger partial charge in [-0.1, -0.05) is 6.58 Å². The molecule has 1 unspecified atom stereocenters. The monoisotopic (exact) mass is 240 g/mol. The summed E-state index contributed by atoms with van der Waals surface area (Å²) in [6.45, 7) is 9.40. The third kappa shape index (κ3) is 3.30. The fourth-order valence-corrected chi connectivity index (χ4v) is 1.96. The van der Waals surface area contributed by atoms with E-state index in [1.54, 1.807) is 6.92 Å². The van der Waals surface area contributed by atoms with Crippen LogP contribution < -0.4 is 5.73 Å². The number of ether oxygens (including phenoxy) is 1. The van der Waals surface area contributed by atoms with Crippen molar-refractivity contribution >= 4 is 11.9 Å². The molecule has 17 heavy (non-hydrogen) atoms. The number of carbonyl (C=O) groups excluding carboxylic acids is 2. The minimum Gasteiger partial charge on any atom is -0.463 e. The van der Waals surface area contributed by atoms with Crippen LogP contribution in [-0.2, 0) is 14.3 Å². The molecule has 1 rings (SSSR count). The van der Waals surface area contributed by atoms with Crippen LogP contribution in [0.2, 0.25) is 0 Å². The Kier molecular flexibility index (Phi) is 4.28. The maximum atomic E-state index is 11.4. The van der Waals surface area contributed by atoms with Crippen molar-refractivity contribution in [3.05, 3.63) is 12.2 Å². The molecule has 1 heterocycles. The van der Waals surface area contributed by atoms with Gasteiger partial charge in [0.15, 0.2) is 0 Å². The van der Waals surface area contributed by atoms with Crippen molar-refractivity contribution in [2.45, 2.75) is 20.3 Å². The van der Waals surface area contributed by atoms with Gasteiger partial charge in [0.1, 0.15) is 0 Å². The molecule has 0 spiro atoms. The molecule has 1 amide bonds. The van der Waals surface area contributed by atoms with Crippen molar-refractivity contribution in [1.82, 2.24) is 4.90 Å². The first kappa shape index (κ1) is 13.7. The Bertz CT molecular complexity index is 341. The number of nitrogens with zero attached hydrogens (tertiary/aromatic N) is 1. The van der Waals surface area contributed by atoms with Gasteiger partial charge in [0, 0.05) is 18.7 Å². The molecule has 5 nitrogen and oxygen atoms in total. The molecule has 1 fully saturated rings. The van der Waals surface area contributed by atoms with E-state index >= 15 is 0 Å². The van der Waals surface area contributed by atoms with Gasteiger partial charge < -0.3 is 10.5 Å². The summed E-state index contributed by atoms with van der Waals surface area (Å²) >= 11 is 0. The van der Waals surface area contributed by atoms with E-state index < -0.39 is 5.41 Å². The molecule has 96 valence electrons. The molecule has 1 aliphatic rings. The van der Waals surface area contributed by atoms with E-state index in [0.29, 0.717) is 25.3 Å². The average Bonchev–Trinajstić information content (AvgIpc) is 2.62. The Morgan fingerprint density at radius 3 is 2.65 bits per heavy atom. The summed E-state index contributed by atoms with van der Waals surface area (Å²) in [5.41, 5.74) is 5.28. The average molecular weight is 240 g/mol. The third-order valence-corrected chi connectivity index (χ3v) is 3.13. The van der Waals surface area contributed by atoms with Crippen molar-refractivity contribution in [3.8, 4) is 0 Å². The number of likely N-dealkylation sites (tertiary alicyclic amines) is 1. The highest BCUT2D eigenvalue weighted by atomic mass is 16.5. The van der Waals surface area contributed by atoms with Gasteiger partial charge in [0.05, 0.1) is 12.0 Å². The minimum atomic E-state index is -0.491. The molecule has 1 aliphatic heterocycles. The molecule has 0 saturated carbocycles. The number of esters is 1. The lowest BCUT2D eigenvalue weighted by molar-refractivity contribution is -0.138. The van der Waals surface area contributed by atoms with Gasteiger partial charge in [-0.2, -0.15) is 0 Å². The quantitative estimate of drug-likeness (QED) is 0.554. The molecule has 0 aromatic carbocycles. The van der Waals surface area contributed by atoms with Crippen LogP contribution in [0.3, 0.4) is 0 Å².